The van der Waals surface area contributed by atoms with Crippen molar-refractivity contribution in [3.8, 4) is 0 Å². The van der Waals surface area contributed by atoms with E-state index in [-0.39, 0.29) is 50.9 Å². The third-order valence-electron chi connectivity index (χ3n) is 0. The zero-order chi connectivity index (χ0) is 21.5. The molecule has 0 aliphatic rings. The second-order valence-corrected chi connectivity index (χ2v) is 1.34. The van der Waals surface area contributed by atoms with Crippen LogP contribution in [0.5, 0.6) is 0 Å². The smallest absolute Gasteiger partial charge is 0.356 e. The monoisotopic (exact) mass is 542 g/mol. The maximum atomic E-state index is 8.25. The van der Waals surface area contributed by atoms with Gasteiger partial charge in [0.05, 0.1) is 30.5 Å². The number of nitrogens with zero attached hydrogens (tertiary/aromatic N) is 6. The summed E-state index contributed by atoms with van der Waals surface area (Å²) in [6, 6.07) is 0. The van der Waals surface area contributed by atoms with Crippen molar-refractivity contribution in [3.63, 3.8) is 0 Å². The van der Waals surface area contributed by atoms with Crippen LogP contribution in [0.25, 0.3) is 0 Å². The van der Waals surface area contributed by atoms with Crippen molar-refractivity contribution in [3.05, 3.63) is 91.9 Å². The Morgan fingerprint density at radius 2 is 0.333 bits per heavy atom. The van der Waals surface area contributed by atoms with Gasteiger partial charge in [-0.3, -0.25) is 0 Å². The molecule has 0 aliphatic carbocycles. The largest absolute Gasteiger partial charge is 2.00 e. The second kappa shape index (κ2) is 49.5. The van der Waals surface area contributed by atoms with E-state index >= 15 is 0 Å². The molecule has 162 valence electrons. The standard InChI is InChI=1S/Co.Fe.Mn.6NO3/c;;;6*2-1(3)4/q3*+2;6*-1. The molecule has 0 saturated heterocycles. The van der Waals surface area contributed by atoms with Gasteiger partial charge in [-0.1, -0.05) is 0 Å². The van der Waals surface area contributed by atoms with Gasteiger partial charge in [-0.15, -0.1) is 0 Å². The van der Waals surface area contributed by atoms with Crippen LogP contribution in [0.1, 0.15) is 0 Å². The molecule has 0 saturated carbocycles. The Hall–Kier alpha value is -3.25. The van der Waals surface area contributed by atoms with Crippen molar-refractivity contribution in [2.24, 2.45) is 0 Å². The van der Waals surface area contributed by atoms with E-state index in [2.05, 4.69) is 0 Å². The summed E-state index contributed by atoms with van der Waals surface area (Å²) in [5.41, 5.74) is 0. The van der Waals surface area contributed by atoms with Gasteiger partial charge in [0.25, 0.3) is 0 Å². The predicted molar refractivity (Wildman–Crippen MR) is 62.2 cm³/mol. The molecule has 0 aliphatic heterocycles. The van der Waals surface area contributed by atoms with E-state index < -0.39 is 30.5 Å². The number of hydrogen-bond acceptors (Lipinski definition) is 18. The van der Waals surface area contributed by atoms with Gasteiger partial charge in [-0.05, 0) is 0 Å². The Bertz CT molecular complexity index is 269. The number of rotatable bonds is 0. The van der Waals surface area contributed by atoms with Crippen molar-refractivity contribution in [1.29, 1.82) is 0 Å². The molecule has 0 unspecified atom stereocenters. The minimum absolute atomic E-state index is 0. The van der Waals surface area contributed by atoms with Crippen molar-refractivity contribution >= 4 is 0 Å². The first kappa shape index (κ1) is 56.5. The maximum Gasteiger partial charge on any atom is 2.00 e. The summed E-state index contributed by atoms with van der Waals surface area (Å²) in [5.74, 6) is 0. The average Bonchev–Trinajstić information content (AvgIpc) is 2.08. The molecule has 0 aromatic carbocycles. The SMILES string of the molecule is O=[N+]([O-])[O-].O=[N+]([O-])[O-].O=[N+]([O-])[O-].O=[N+]([O-])[O-].O=[N+]([O-])[O-].O=[N+]([O-])[O-].[Co+2].[Fe+2].[Mn+2]. The zero-order valence-electron chi connectivity index (χ0n) is 11.1. The third-order valence-corrected chi connectivity index (χ3v) is 0. The van der Waals surface area contributed by atoms with E-state index in [1.54, 1.807) is 0 Å². The summed E-state index contributed by atoms with van der Waals surface area (Å²) in [7, 11) is 0. The second-order valence-electron chi connectivity index (χ2n) is 1.34. The van der Waals surface area contributed by atoms with Crippen LogP contribution >= 0.6 is 0 Å². The first-order chi connectivity index (χ1) is 10.4. The number of hydrogen-bond donors (Lipinski definition) is 0. The summed E-state index contributed by atoms with van der Waals surface area (Å²) in [4.78, 5) is 49.5. The maximum absolute atomic E-state index is 8.25. The van der Waals surface area contributed by atoms with Crippen LogP contribution in [-0.4, -0.2) is 30.5 Å². The summed E-state index contributed by atoms with van der Waals surface area (Å²) >= 11 is 0. The molecule has 0 atom stereocenters. The minimum atomic E-state index is -1.75. The van der Waals surface area contributed by atoms with Gasteiger partial charge in [0.2, 0.25) is 0 Å². The first-order valence-electron chi connectivity index (χ1n) is 3.29. The quantitative estimate of drug-likeness (QED) is 0.192. The van der Waals surface area contributed by atoms with Gasteiger partial charge in [-0.2, -0.15) is 0 Å². The summed E-state index contributed by atoms with van der Waals surface area (Å²) < 4.78 is 0. The summed E-state index contributed by atoms with van der Waals surface area (Å²) in [6.45, 7) is 0. The normalized spacial score (nSPS) is 5.33. The predicted octanol–water partition coefficient (Wildman–Crippen LogP) is -1.44. The van der Waals surface area contributed by atoms with Crippen molar-refractivity contribution in [2.45, 2.75) is 0 Å². The van der Waals surface area contributed by atoms with Crippen LogP contribution in [-0.2, 0) is 50.9 Å². The summed E-state index contributed by atoms with van der Waals surface area (Å²) in [6.07, 6.45) is 0. The molecular weight excluding hydrogens is 542 g/mol. The van der Waals surface area contributed by atoms with Crippen LogP contribution in [0, 0.1) is 91.9 Å². The van der Waals surface area contributed by atoms with Crippen molar-refractivity contribution in [1.82, 2.24) is 0 Å². The van der Waals surface area contributed by atoms with Crippen LogP contribution < -0.4 is 0 Å². The van der Waals surface area contributed by atoms with Gasteiger partial charge in [0.15, 0.2) is 0 Å². The van der Waals surface area contributed by atoms with E-state index in [1.807, 2.05) is 0 Å². The fourth-order valence-corrected chi connectivity index (χ4v) is 0. The molecule has 0 bridgehead atoms. The Balaban J connectivity index is -0.0000000201. The molecule has 0 rings (SSSR count). The molecule has 0 heterocycles. The Morgan fingerprint density at radius 1 is 0.333 bits per heavy atom. The fourth-order valence-electron chi connectivity index (χ4n) is 0. The van der Waals surface area contributed by atoms with Crippen LogP contribution in [0.4, 0.5) is 0 Å². The Morgan fingerprint density at radius 3 is 0.333 bits per heavy atom. The topological polar surface area (TPSA) is 397 Å². The molecule has 27 heavy (non-hydrogen) atoms. The van der Waals surface area contributed by atoms with Gasteiger partial charge >= 0.3 is 50.9 Å². The van der Waals surface area contributed by atoms with Crippen molar-refractivity contribution < 1.29 is 81.4 Å². The van der Waals surface area contributed by atoms with Crippen LogP contribution in [0.3, 0.4) is 0 Å². The average molecular weight is 542 g/mol. The molecule has 0 fully saturated rings. The zero-order valence-corrected chi connectivity index (χ0v) is 14.4. The molecule has 0 aromatic heterocycles. The van der Waals surface area contributed by atoms with E-state index in [0.717, 1.165) is 0 Å². The first-order valence-corrected chi connectivity index (χ1v) is 3.29. The molecule has 24 nitrogen and oxygen atoms in total. The van der Waals surface area contributed by atoms with Crippen LogP contribution in [0.15, 0.2) is 0 Å². The molecule has 0 amide bonds. The molecule has 0 spiro atoms. The third kappa shape index (κ3) is 924. The van der Waals surface area contributed by atoms with Crippen molar-refractivity contribution in [2.75, 3.05) is 0 Å². The Labute approximate surface area is 173 Å². The van der Waals surface area contributed by atoms with E-state index in [4.69, 9.17) is 91.9 Å². The fraction of sp³-hybridized carbons (Fsp3) is 0. The van der Waals surface area contributed by atoms with Crippen LogP contribution in [0.2, 0.25) is 0 Å². The van der Waals surface area contributed by atoms with E-state index in [9.17, 15) is 0 Å². The molecule has 27 heteroatoms. The van der Waals surface area contributed by atoms with E-state index in [0.29, 0.717) is 0 Å². The summed E-state index contributed by atoms with van der Waals surface area (Å²) in [5, 5.41) is 88.5. The molecule has 0 N–H and O–H groups in total. The van der Waals surface area contributed by atoms with Gasteiger partial charge < -0.3 is 91.9 Å². The Kier molecular flexibility index (Phi) is 104. The van der Waals surface area contributed by atoms with Gasteiger partial charge in [0, 0.05) is 0 Å². The molecular formula is CoFeMnN6O18. The van der Waals surface area contributed by atoms with Gasteiger partial charge in [0.1, 0.15) is 0 Å². The minimum Gasteiger partial charge on any atom is -0.356 e. The molecule has 2 radical (unpaired) electrons. The van der Waals surface area contributed by atoms with Gasteiger partial charge in [-0.25, -0.2) is 0 Å². The van der Waals surface area contributed by atoms with E-state index in [1.165, 1.54) is 0 Å². The molecule has 0 aromatic rings.